The molecule has 1 aliphatic heterocycles. The van der Waals surface area contributed by atoms with Crippen molar-refractivity contribution in [2.24, 2.45) is 5.73 Å². The molecule has 0 aromatic heterocycles. The minimum absolute atomic E-state index is 0.0444. The van der Waals surface area contributed by atoms with E-state index in [1.54, 1.807) is 30.3 Å². The maximum Gasteiger partial charge on any atom is 0.268 e. The van der Waals surface area contributed by atoms with E-state index in [-0.39, 0.29) is 16.9 Å². The van der Waals surface area contributed by atoms with Crippen LogP contribution in [0.15, 0.2) is 42.5 Å². The summed E-state index contributed by atoms with van der Waals surface area (Å²) in [5.41, 5.74) is 7.99. The maximum atomic E-state index is 12.7. The number of hydrogen-bond donors (Lipinski definition) is 2. The second kappa shape index (κ2) is 5.23. The van der Waals surface area contributed by atoms with E-state index in [4.69, 9.17) is 18.0 Å². The number of benzene rings is 2. The lowest BCUT2D eigenvalue weighted by atomic mass is 10.1. The number of nitrogens with one attached hydrogen (secondary N) is 1. The van der Waals surface area contributed by atoms with Crippen molar-refractivity contribution in [3.8, 4) is 0 Å². The predicted molar refractivity (Wildman–Crippen MR) is 89.2 cm³/mol. The molecule has 0 atom stereocenters. The SMILES string of the molecule is Cc1ccccc1N1C(=O)c2cccc(NC(N)=S)c2C1=O. The van der Waals surface area contributed by atoms with Crippen LogP contribution in [-0.4, -0.2) is 16.9 Å². The van der Waals surface area contributed by atoms with Gasteiger partial charge in [-0.05, 0) is 42.9 Å². The summed E-state index contributed by atoms with van der Waals surface area (Å²) in [5, 5.41) is 2.80. The molecule has 1 heterocycles. The molecule has 3 N–H and O–H groups in total. The van der Waals surface area contributed by atoms with Gasteiger partial charge in [0.2, 0.25) is 0 Å². The predicted octanol–water partition coefficient (Wildman–Crippen LogP) is 2.45. The van der Waals surface area contributed by atoms with Gasteiger partial charge in [-0.15, -0.1) is 0 Å². The highest BCUT2D eigenvalue weighted by Crippen LogP contribution is 2.34. The standard InChI is InChI=1S/C16H13N3O2S/c1-9-5-2-3-8-12(9)19-14(20)10-6-4-7-11(18-16(17)22)13(10)15(19)21/h2-8H,1H3,(H3,17,18,22). The van der Waals surface area contributed by atoms with Crippen LogP contribution >= 0.6 is 12.2 Å². The summed E-state index contributed by atoms with van der Waals surface area (Å²) in [7, 11) is 0. The Morgan fingerprint density at radius 1 is 1.09 bits per heavy atom. The van der Waals surface area contributed by atoms with E-state index in [9.17, 15) is 9.59 Å². The third-order valence-electron chi connectivity index (χ3n) is 3.53. The lowest BCUT2D eigenvalue weighted by Crippen LogP contribution is -2.30. The molecule has 5 nitrogen and oxygen atoms in total. The Balaban J connectivity index is 2.13. The Morgan fingerprint density at radius 2 is 1.82 bits per heavy atom. The summed E-state index contributed by atoms with van der Waals surface area (Å²) >= 11 is 4.82. The first-order valence-corrected chi connectivity index (χ1v) is 7.05. The summed E-state index contributed by atoms with van der Waals surface area (Å²) < 4.78 is 0. The summed E-state index contributed by atoms with van der Waals surface area (Å²) in [6, 6.07) is 12.2. The molecule has 0 aliphatic carbocycles. The maximum absolute atomic E-state index is 12.7. The Kier molecular flexibility index (Phi) is 3.38. The minimum atomic E-state index is -0.381. The average molecular weight is 311 g/mol. The van der Waals surface area contributed by atoms with Crippen LogP contribution in [0.25, 0.3) is 0 Å². The number of anilines is 2. The van der Waals surface area contributed by atoms with Gasteiger partial charge in [-0.1, -0.05) is 24.3 Å². The molecule has 110 valence electrons. The Hall–Kier alpha value is -2.73. The third kappa shape index (κ3) is 2.14. The number of nitrogens with two attached hydrogens (primary N) is 1. The average Bonchev–Trinajstić information content (AvgIpc) is 2.72. The second-order valence-corrected chi connectivity index (χ2v) is 5.39. The highest BCUT2D eigenvalue weighted by Gasteiger charge is 2.39. The number of carbonyl (C=O) groups is 2. The van der Waals surface area contributed by atoms with Crippen molar-refractivity contribution in [3.05, 3.63) is 59.2 Å². The van der Waals surface area contributed by atoms with E-state index >= 15 is 0 Å². The zero-order valence-corrected chi connectivity index (χ0v) is 12.6. The molecule has 2 amide bonds. The van der Waals surface area contributed by atoms with Crippen LogP contribution in [0.2, 0.25) is 0 Å². The minimum Gasteiger partial charge on any atom is -0.376 e. The van der Waals surface area contributed by atoms with Crippen LogP contribution in [0.4, 0.5) is 11.4 Å². The summed E-state index contributed by atoms with van der Waals surface area (Å²) in [6.45, 7) is 1.85. The number of imide groups is 1. The molecule has 1 aliphatic rings. The third-order valence-corrected chi connectivity index (χ3v) is 3.63. The zero-order valence-electron chi connectivity index (χ0n) is 11.8. The van der Waals surface area contributed by atoms with E-state index < -0.39 is 0 Å². The second-order valence-electron chi connectivity index (χ2n) is 4.95. The van der Waals surface area contributed by atoms with Crippen LogP contribution in [0, 0.1) is 6.92 Å². The number of rotatable bonds is 2. The van der Waals surface area contributed by atoms with Gasteiger partial charge in [0.1, 0.15) is 0 Å². The highest BCUT2D eigenvalue weighted by atomic mass is 32.1. The molecule has 0 saturated carbocycles. The van der Waals surface area contributed by atoms with E-state index in [2.05, 4.69) is 5.32 Å². The van der Waals surface area contributed by atoms with Gasteiger partial charge < -0.3 is 11.1 Å². The van der Waals surface area contributed by atoms with Gasteiger partial charge in [-0.3, -0.25) is 9.59 Å². The van der Waals surface area contributed by atoms with Gasteiger partial charge in [0, 0.05) is 0 Å². The molecule has 2 aromatic carbocycles. The first-order valence-electron chi connectivity index (χ1n) is 6.64. The van der Waals surface area contributed by atoms with Gasteiger partial charge in [-0.25, -0.2) is 4.90 Å². The highest BCUT2D eigenvalue weighted by molar-refractivity contribution is 7.80. The fourth-order valence-corrected chi connectivity index (χ4v) is 2.67. The van der Waals surface area contributed by atoms with Crippen molar-refractivity contribution in [3.63, 3.8) is 0 Å². The number of aryl methyl sites for hydroxylation is 1. The number of thiocarbonyl (C=S) groups is 1. The Bertz CT molecular complexity index is 817. The fourth-order valence-electron chi connectivity index (χ4n) is 2.56. The lowest BCUT2D eigenvalue weighted by Gasteiger charge is -2.16. The van der Waals surface area contributed by atoms with E-state index in [1.165, 1.54) is 4.90 Å². The monoisotopic (exact) mass is 311 g/mol. The van der Waals surface area contributed by atoms with Crippen LogP contribution < -0.4 is 16.0 Å². The van der Waals surface area contributed by atoms with Gasteiger partial charge in [-0.2, -0.15) is 0 Å². The van der Waals surface area contributed by atoms with Crippen LogP contribution in [0.1, 0.15) is 26.3 Å². The van der Waals surface area contributed by atoms with Crippen molar-refractivity contribution in [1.82, 2.24) is 0 Å². The van der Waals surface area contributed by atoms with Crippen molar-refractivity contribution >= 4 is 40.5 Å². The Labute approximate surface area is 132 Å². The summed E-state index contributed by atoms with van der Waals surface area (Å²) in [4.78, 5) is 26.5. The molecule has 3 rings (SSSR count). The first kappa shape index (κ1) is 14.2. The zero-order chi connectivity index (χ0) is 15.9. The molecule has 0 saturated heterocycles. The molecule has 2 aromatic rings. The molecule has 0 spiro atoms. The molecule has 0 unspecified atom stereocenters. The quantitative estimate of drug-likeness (QED) is 0.658. The molecule has 22 heavy (non-hydrogen) atoms. The van der Waals surface area contributed by atoms with E-state index in [1.807, 2.05) is 19.1 Å². The molecular weight excluding hydrogens is 298 g/mol. The fraction of sp³-hybridized carbons (Fsp3) is 0.0625. The molecule has 6 heteroatoms. The van der Waals surface area contributed by atoms with Gasteiger partial charge >= 0.3 is 0 Å². The number of fused-ring (bicyclic) bond motifs is 1. The van der Waals surface area contributed by atoms with Crippen LogP contribution in [0.3, 0.4) is 0 Å². The van der Waals surface area contributed by atoms with Gasteiger partial charge in [0.15, 0.2) is 5.11 Å². The van der Waals surface area contributed by atoms with E-state index in [0.717, 1.165) is 5.56 Å². The number of nitrogens with zero attached hydrogens (tertiary/aromatic N) is 1. The number of para-hydroxylation sites is 1. The molecule has 0 fully saturated rings. The topological polar surface area (TPSA) is 75.4 Å². The number of hydrogen-bond acceptors (Lipinski definition) is 3. The van der Waals surface area contributed by atoms with Gasteiger partial charge in [0.05, 0.1) is 22.5 Å². The van der Waals surface area contributed by atoms with Crippen molar-refractivity contribution in [1.29, 1.82) is 0 Å². The molecule has 0 bridgehead atoms. The van der Waals surface area contributed by atoms with Crippen molar-refractivity contribution in [2.45, 2.75) is 6.92 Å². The normalized spacial score (nSPS) is 13.2. The molecule has 0 radical (unpaired) electrons. The van der Waals surface area contributed by atoms with Crippen molar-refractivity contribution < 1.29 is 9.59 Å². The van der Waals surface area contributed by atoms with Crippen LogP contribution in [-0.2, 0) is 0 Å². The lowest BCUT2D eigenvalue weighted by molar-refractivity contribution is 0.0926. The number of amides is 2. The largest absolute Gasteiger partial charge is 0.376 e. The van der Waals surface area contributed by atoms with E-state index in [0.29, 0.717) is 22.5 Å². The number of carbonyl (C=O) groups excluding carboxylic acids is 2. The van der Waals surface area contributed by atoms with Crippen LogP contribution in [0.5, 0.6) is 0 Å². The summed E-state index contributed by atoms with van der Waals surface area (Å²) in [5.74, 6) is -0.727. The molecular formula is C16H13N3O2S. The van der Waals surface area contributed by atoms with Crippen molar-refractivity contribution in [2.75, 3.05) is 10.2 Å². The summed E-state index contributed by atoms with van der Waals surface area (Å²) in [6.07, 6.45) is 0. The smallest absolute Gasteiger partial charge is 0.268 e. The Morgan fingerprint density at radius 3 is 2.50 bits per heavy atom. The first-order chi connectivity index (χ1) is 10.5. The van der Waals surface area contributed by atoms with Gasteiger partial charge in [0.25, 0.3) is 11.8 Å².